The van der Waals surface area contributed by atoms with Crippen LogP contribution in [0.5, 0.6) is 0 Å². The second-order valence-electron chi connectivity index (χ2n) is 9.33. The smallest absolute Gasteiger partial charge is 0.407 e. The van der Waals surface area contributed by atoms with Crippen LogP contribution in [0.3, 0.4) is 0 Å². The van der Waals surface area contributed by atoms with Crippen molar-refractivity contribution in [3.63, 3.8) is 0 Å². The number of fused-ring (bicyclic) bond motifs is 1. The van der Waals surface area contributed by atoms with Crippen LogP contribution in [0.4, 0.5) is 4.79 Å². The first-order valence-corrected chi connectivity index (χ1v) is 13.6. The Bertz CT molecular complexity index is 1260. The zero-order valence-electron chi connectivity index (χ0n) is 20.3. The summed E-state index contributed by atoms with van der Waals surface area (Å²) in [5.74, 6) is 0.656. The van der Waals surface area contributed by atoms with Gasteiger partial charge in [0.25, 0.3) is 0 Å². The first-order valence-electron chi connectivity index (χ1n) is 12.1. The summed E-state index contributed by atoms with van der Waals surface area (Å²) in [5.41, 5.74) is 1.80. The molecule has 4 rings (SSSR count). The van der Waals surface area contributed by atoms with Crippen LogP contribution in [0.15, 0.2) is 65.8 Å². The fourth-order valence-corrected chi connectivity index (χ4v) is 6.56. The highest BCUT2D eigenvalue weighted by Crippen LogP contribution is 2.33. The topological polar surface area (TPSA) is 88.6 Å². The molecule has 1 saturated heterocycles. The molecule has 3 aromatic rings. The summed E-state index contributed by atoms with van der Waals surface area (Å²) in [6, 6.07) is 14.9. The van der Waals surface area contributed by atoms with E-state index in [4.69, 9.17) is 4.74 Å². The van der Waals surface area contributed by atoms with Gasteiger partial charge in [0.2, 0.25) is 10.0 Å². The zero-order valence-corrected chi connectivity index (χ0v) is 21.1. The molecule has 1 aliphatic heterocycles. The lowest BCUT2D eigenvalue weighted by Gasteiger charge is -2.36. The van der Waals surface area contributed by atoms with Gasteiger partial charge in [-0.15, -0.1) is 0 Å². The first kappa shape index (κ1) is 25.1. The lowest BCUT2D eigenvalue weighted by molar-refractivity contribution is 0.138. The maximum Gasteiger partial charge on any atom is 0.407 e. The Hall–Kier alpha value is -2.97. The number of pyridine rings is 1. The molecule has 35 heavy (non-hydrogen) atoms. The third-order valence-corrected chi connectivity index (χ3v) is 8.77. The highest BCUT2D eigenvalue weighted by molar-refractivity contribution is 7.89. The third kappa shape index (κ3) is 6.00. The lowest BCUT2D eigenvalue weighted by atomic mass is 9.85. The van der Waals surface area contributed by atoms with E-state index in [-0.39, 0.29) is 12.5 Å². The number of aryl methyl sites for hydroxylation is 1. The Morgan fingerprint density at radius 2 is 1.94 bits per heavy atom. The van der Waals surface area contributed by atoms with E-state index >= 15 is 0 Å². The van der Waals surface area contributed by atoms with Gasteiger partial charge < -0.3 is 10.1 Å². The molecule has 2 heterocycles. The van der Waals surface area contributed by atoms with E-state index in [1.165, 1.54) is 0 Å². The fraction of sp³-hybridized carbons (Fsp3) is 0.407. The van der Waals surface area contributed by atoms with Crippen molar-refractivity contribution in [1.29, 1.82) is 0 Å². The maximum absolute atomic E-state index is 13.6. The number of benzene rings is 2. The number of sulfonamides is 1. The molecule has 2 atom stereocenters. The minimum atomic E-state index is -3.63. The average molecular weight is 496 g/mol. The van der Waals surface area contributed by atoms with E-state index in [0.29, 0.717) is 30.4 Å². The van der Waals surface area contributed by atoms with Crippen LogP contribution < -0.4 is 5.32 Å². The quantitative estimate of drug-likeness (QED) is 0.449. The van der Waals surface area contributed by atoms with Gasteiger partial charge in [-0.05, 0) is 55.2 Å². The minimum Gasteiger partial charge on any atom is -0.445 e. The second-order valence-corrected chi connectivity index (χ2v) is 11.2. The van der Waals surface area contributed by atoms with Crippen molar-refractivity contribution in [2.24, 2.45) is 11.8 Å². The van der Waals surface area contributed by atoms with Gasteiger partial charge in [0, 0.05) is 42.8 Å². The molecule has 1 aliphatic rings. The maximum atomic E-state index is 13.6. The van der Waals surface area contributed by atoms with Crippen LogP contribution in [-0.4, -0.2) is 43.4 Å². The molecule has 0 bridgehead atoms. The van der Waals surface area contributed by atoms with Crippen LogP contribution in [0, 0.1) is 18.8 Å². The second kappa shape index (κ2) is 11.2. The summed E-state index contributed by atoms with van der Waals surface area (Å²) in [5, 5.41) is 4.38. The predicted octanol–water partition coefficient (Wildman–Crippen LogP) is 4.90. The first-order chi connectivity index (χ1) is 16.9. The summed E-state index contributed by atoms with van der Waals surface area (Å²) in [7, 11) is -3.63. The van der Waals surface area contributed by atoms with Crippen LogP contribution in [0.25, 0.3) is 10.8 Å². The number of alkyl carbamates (subject to hydrolysis) is 1. The summed E-state index contributed by atoms with van der Waals surface area (Å²) >= 11 is 0. The standard InChI is InChI=1S/C27H33N3O4S/c1-20-13-15-30(35(32,33)25-12-6-10-23-17-28-16-21(2)26(23)25)18-24(20)11-7-14-29-27(31)34-19-22-8-4-3-5-9-22/h3-6,8-10,12,16-17,20,24H,7,11,13-15,18-19H2,1-2H3,(H,29,31). The lowest BCUT2D eigenvalue weighted by Crippen LogP contribution is -2.43. The van der Waals surface area contributed by atoms with E-state index in [1.807, 2.05) is 43.3 Å². The monoisotopic (exact) mass is 495 g/mol. The molecular formula is C27H33N3O4S. The molecule has 0 aliphatic carbocycles. The van der Waals surface area contributed by atoms with Crippen LogP contribution in [0.1, 0.15) is 37.3 Å². The largest absolute Gasteiger partial charge is 0.445 e. The Balaban J connectivity index is 1.33. The van der Waals surface area contributed by atoms with E-state index in [2.05, 4.69) is 17.2 Å². The molecule has 1 fully saturated rings. The van der Waals surface area contributed by atoms with Crippen molar-refractivity contribution in [1.82, 2.24) is 14.6 Å². The molecule has 2 aromatic carbocycles. The van der Waals surface area contributed by atoms with Gasteiger partial charge in [0.15, 0.2) is 0 Å². The molecule has 0 saturated carbocycles. The number of nitrogens with one attached hydrogen (secondary N) is 1. The van der Waals surface area contributed by atoms with E-state index in [1.54, 1.807) is 28.8 Å². The normalized spacial score (nSPS) is 18.9. The number of piperidine rings is 1. The Kier molecular flexibility index (Phi) is 8.03. The predicted molar refractivity (Wildman–Crippen MR) is 136 cm³/mol. The van der Waals surface area contributed by atoms with Gasteiger partial charge >= 0.3 is 6.09 Å². The van der Waals surface area contributed by atoms with Crippen LogP contribution >= 0.6 is 0 Å². The van der Waals surface area contributed by atoms with Gasteiger partial charge in [0.1, 0.15) is 6.61 Å². The Morgan fingerprint density at radius 1 is 1.14 bits per heavy atom. The summed E-state index contributed by atoms with van der Waals surface area (Å²) < 4.78 is 34.2. The number of carbonyl (C=O) groups excluding carboxylic acids is 1. The van der Waals surface area contributed by atoms with Crippen molar-refractivity contribution in [2.45, 2.75) is 44.6 Å². The molecular weight excluding hydrogens is 462 g/mol. The van der Waals surface area contributed by atoms with Crippen LogP contribution in [0.2, 0.25) is 0 Å². The van der Waals surface area contributed by atoms with Crippen molar-refractivity contribution >= 4 is 26.9 Å². The molecule has 0 radical (unpaired) electrons. The summed E-state index contributed by atoms with van der Waals surface area (Å²) in [6.45, 7) is 5.83. The van der Waals surface area contributed by atoms with Gasteiger partial charge in [-0.25, -0.2) is 13.2 Å². The summed E-state index contributed by atoms with van der Waals surface area (Å²) in [4.78, 5) is 16.5. The van der Waals surface area contributed by atoms with Gasteiger partial charge in [-0.1, -0.05) is 49.4 Å². The molecule has 1 aromatic heterocycles. The SMILES string of the molecule is Cc1cncc2cccc(S(=O)(=O)N3CCC(C)C(CCCNC(=O)OCc4ccccc4)C3)c12. The molecule has 7 nitrogen and oxygen atoms in total. The molecule has 8 heteroatoms. The van der Waals surface area contributed by atoms with Crippen molar-refractivity contribution < 1.29 is 17.9 Å². The number of ether oxygens (including phenoxy) is 1. The van der Waals surface area contributed by atoms with E-state index in [0.717, 1.165) is 41.2 Å². The number of carbonyl (C=O) groups is 1. The molecule has 1 amide bonds. The Morgan fingerprint density at radius 3 is 2.74 bits per heavy atom. The highest BCUT2D eigenvalue weighted by atomic mass is 32.2. The van der Waals surface area contributed by atoms with Gasteiger partial charge in [-0.3, -0.25) is 4.98 Å². The van der Waals surface area contributed by atoms with Crippen molar-refractivity contribution in [3.05, 3.63) is 72.1 Å². The molecule has 186 valence electrons. The van der Waals surface area contributed by atoms with Gasteiger partial charge in [-0.2, -0.15) is 4.31 Å². The van der Waals surface area contributed by atoms with Crippen molar-refractivity contribution in [2.75, 3.05) is 19.6 Å². The molecule has 1 N–H and O–H groups in total. The molecule has 2 unspecified atom stereocenters. The minimum absolute atomic E-state index is 0.235. The van der Waals surface area contributed by atoms with Crippen molar-refractivity contribution in [3.8, 4) is 0 Å². The van der Waals surface area contributed by atoms with E-state index < -0.39 is 16.1 Å². The third-order valence-electron chi connectivity index (χ3n) is 6.86. The molecule has 0 spiro atoms. The number of nitrogens with zero attached hydrogens (tertiary/aromatic N) is 2. The number of hydrogen-bond donors (Lipinski definition) is 1. The summed E-state index contributed by atoms with van der Waals surface area (Å²) in [6.07, 6.45) is 5.41. The average Bonchev–Trinajstić information content (AvgIpc) is 2.86. The number of hydrogen-bond acceptors (Lipinski definition) is 5. The van der Waals surface area contributed by atoms with Crippen LogP contribution in [-0.2, 0) is 21.4 Å². The number of rotatable bonds is 8. The van der Waals surface area contributed by atoms with Gasteiger partial charge in [0.05, 0.1) is 4.90 Å². The van der Waals surface area contributed by atoms with E-state index in [9.17, 15) is 13.2 Å². The Labute approximate surface area is 207 Å². The number of aromatic nitrogens is 1. The number of amides is 1. The zero-order chi connectivity index (χ0) is 24.8. The fourth-order valence-electron chi connectivity index (χ4n) is 4.76. The highest BCUT2D eigenvalue weighted by Gasteiger charge is 2.34.